The zero-order valence-corrected chi connectivity index (χ0v) is 28.6. The molecule has 10 aromatic rings. The largest absolute Gasteiger partial charge is 0.309 e. The maximum Gasteiger partial charge on any atom is 0.0640 e. The van der Waals surface area contributed by atoms with E-state index in [0.717, 1.165) is 17.1 Å². The molecule has 0 saturated heterocycles. The predicted octanol–water partition coefficient (Wildman–Crippen LogP) is 14.0. The van der Waals surface area contributed by atoms with Gasteiger partial charge in [-0.2, -0.15) is 0 Å². The highest BCUT2D eigenvalue weighted by atomic mass is 32.1. The summed E-state index contributed by atoms with van der Waals surface area (Å²) in [5.74, 6) is 0. The molecule has 0 saturated carbocycles. The summed E-state index contributed by atoms with van der Waals surface area (Å²) in [6, 6.07) is 70.4. The van der Waals surface area contributed by atoms with Gasteiger partial charge in [-0.25, -0.2) is 0 Å². The molecule has 240 valence electrons. The molecule has 0 amide bonds. The molecule has 2 nitrogen and oxygen atoms in total. The van der Waals surface area contributed by atoms with E-state index in [1.165, 1.54) is 69.9 Å². The van der Waals surface area contributed by atoms with Crippen LogP contribution in [0.15, 0.2) is 194 Å². The number of anilines is 3. The van der Waals surface area contributed by atoms with Crippen LogP contribution in [0.4, 0.5) is 17.1 Å². The van der Waals surface area contributed by atoms with Crippen molar-refractivity contribution in [3.05, 3.63) is 194 Å². The lowest BCUT2D eigenvalue weighted by molar-refractivity contribution is 1.18. The molecule has 0 aliphatic rings. The van der Waals surface area contributed by atoms with Gasteiger partial charge in [0.15, 0.2) is 0 Å². The van der Waals surface area contributed by atoms with Crippen LogP contribution in [0.1, 0.15) is 0 Å². The summed E-state index contributed by atoms with van der Waals surface area (Å²) in [7, 11) is 0. The van der Waals surface area contributed by atoms with Crippen LogP contribution in [0.2, 0.25) is 0 Å². The molecule has 0 fully saturated rings. The van der Waals surface area contributed by atoms with Gasteiger partial charge < -0.3 is 9.47 Å². The number of hydrogen-bond acceptors (Lipinski definition) is 2. The smallest absolute Gasteiger partial charge is 0.0640 e. The van der Waals surface area contributed by atoms with Crippen molar-refractivity contribution in [3.63, 3.8) is 0 Å². The van der Waals surface area contributed by atoms with Crippen LogP contribution >= 0.6 is 11.3 Å². The maximum atomic E-state index is 2.49. The Morgan fingerprint density at radius 3 is 1.84 bits per heavy atom. The molecule has 0 unspecified atom stereocenters. The Kier molecular flexibility index (Phi) is 7.04. The van der Waals surface area contributed by atoms with Gasteiger partial charge in [0.05, 0.1) is 27.1 Å². The Balaban J connectivity index is 1.29. The number of nitrogens with zero attached hydrogens (tertiary/aromatic N) is 2. The van der Waals surface area contributed by atoms with Crippen LogP contribution in [0.3, 0.4) is 0 Å². The van der Waals surface area contributed by atoms with E-state index in [9.17, 15) is 0 Å². The molecule has 0 aliphatic heterocycles. The van der Waals surface area contributed by atoms with Crippen molar-refractivity contribution >= 4 is 70.4 Å². The Morgan fingerprint density at radius 1 is 0.392 bits per heavy atom. The van der Waals surface area contributed by atoms with E-state index in [2.05, 4.69) is 204 Å². The highest BCUT2D eigenvalue weighted by molar-refractivity contribution is 7.26. The van der Waals surface area contributed by atoms with Gasteiger partial charge in [-0.05, 0) is 65.2 Å². The van der Waals surface area contributed by atoms with E-state index < -0.39 is 0 Å². The molecule has 8 aromatic carbocycles. The minimum atomic E-state index is 1.11. The van der Waals surface area contributed by atoms with E-state index in [4.69, 9.17) is 0 Å². The summed E-state index contributed by atoms with van der Waals surface area (Å²) in [6.45, 7) is 0. The van der Waals surface area contributed by atoms with Gasteiger partial charge in [0.25, 0.3) is 0 Å². The van der Waals surface area contributed by atoms with Gasteiger partial charge >= 0.3 is 0 Å². The molecule has 0 bridgehead atoms. The third-order valence-electron chi connectivity index (χ3n) is 10.0. The van der Waals surface area contributed by atoms with E-state index in [1.807, 2.05) is 11.3 Å². The summed E-state index contributed by atoms with van der Waals surface area (Å²) in [5, 5.41) is 5.06. The third kappa shape index (κ3) is 4.85. The first-order valence-corrected chi connectivity index (χ1v) is 18.2. The highest BCUT2D eigenvalue weighted by Crippen LogP contribution is 2.49. The van der Waals surface area contributed by atoms with Gasteiger partial charge in [0.1, 0.15) is 0 Å². The van der Waals surface area contributed by atoms with Crippen molar-refractivity contribution in [1.29, 1.82) is 0 Å². The summed E-state index contributed by atoms with van der Waals surface area (Å²) in [5.41, 5.74) is 11.7. The molecule has 0 atom stereocenters. The number of rotatable bonds is 6. The summed E-state index contributed by atoms with van der Waals surface area (Å²) < 4.78 is 4.97. The Hall–Kier alpha value is -6.42. The number of hydrogen-bond donors (Lipinski definition) is 0. The molecule has 2 aromatic heterocycles. The Morgan fingerprint density at radius 2 is 1.00 bits per heavy atom. The molecule has 0 spiro atoms. The number of fused-ring (bicyclic) bond motifs is 6. The molecule has 2 heterocycles. The standard InChI is InChI=1S/C48H32N2S/c1-3-16-33(17-4-1)36-20-7-8-21-37(36)38-22-9-12-26-43(38)50(45-28-15-25-42-41-24-11-14-29-47(41)51-48(42)45)35-30-31-40-39-23-10-13-27-44(39)49(46(40)32-35)34-18-5-2-6-19-34/h1-32H. The molecule has 3 heteroatoms. The molecule has 51 heavy (non-hydrogen) atoms. The quantitative estimate of drug-likeness (QED) is 0.171. The highest BCUT2D eigenvalue weighted by Gasteiger charge is 2.23. The van der Waals surface area contributed by atoms with Gasteiger partial charge in [0, 0.05) is 43.2 Å². The average molecular weight is 669 g/mol. The van der Waals surface area contributed by atoms with Crippen molar-refractivity contribution in [2.24, 2.45) is 0 Å². The van der Waals surface area contributed by atoms with Crippen molar-refractivity contribution in [3.8, 4) is 27.9 Å². The SMILES string of the molecule is c1ccc(-c2ccccc2-c2ccccc2N(c2ccc3c4ccccc4n(-c4ccccc4)c3c2)c2cccc3c2sc2ccccc23)cc1. The van der Waals surface area contributed by atoms with Crippen molar-refractivity contribution in [2.75, 3.05) is 4.90 Å². The van der Waals surface area contributed by atoms with E-state index >= 15 is 0 Å². The lowest BCUT2D eigenvalue weighted by Gasteiger charge is -2.29. The molecule has 0 radical (unpaired) electrons. The van der Waals surface area contributed by atoms with Crippen LogP contribution in [0, 0.1) is 0 Å². The van der Waals surface area contributed by atoms with E-state index in [0.29, 0.717) is 0 Å². The zero-order chi connectivity index (χ0) is 33.7. The van der Waals surface area contributed by atoms with Gasteiger partial charge in [-0.15, -0.1) is 11.3 Å². The number of benzene rings is 8. The normalized spacial score (nSPS) is 11.5. The molecule has 10 rings (SSSR count). The molecular weight excluding hydrogens is 637 g/mol. The average Bonchev–Trinajstić information content (AvgIpc) is 3.75. The van der Waals surface area contributed by atoms with Crippen molar-refractivity contribution in [1.82, 2.24) is 4.57 Å². The predicted molar refractivity (Wildman–Crippen MR) is 219 cm³/mol. The fourth-order valence-electron chi connectivity index (χ4n) is 7.75. The molecular formula is C48H32N2S. The topological polar surface area (TPSA) is 8.17 Å². The van der Waals surface area contributed by atoms with Crippen molar-refractivity contribution < 1.29 is 0 Å². The Labute approximate surface area is 300 Å². The molecule has 0 N–H and O–H groups in total. The lowest BCUT2D eigenvalue weighted by atomic mass is 9.93. The van der Waals surface area contributed by atoms with E-state index in [1.54, 1.807) is 0 Å². The second-order valence-corrected chi connectivity index (χ2v) is 14.0. The fraction of sp³-hybridized carbons (Fsp3) is 0. The minimum Gasteiger partial charge on any atom is -0.309 e. The summed E-state index contributed by atoms with van der Waals surface area (Å²) in [6.07, 6.45) is 0. The van der Waals surface area contributed by atoms with E-state index in [-0.39, 0.29) is 0 Å². The first kappa shape index (κ1) is 29.5. The van der Waals surface area contributed by atoms with Gasteiger partial charge in [0.2, 0.25) is 0 Å². The number of thiophene rings is 1. The van der Waals surface area contributed by atoms with Gasteiger partial charge in [-0.1, -0.05) is 146 Å². The van der Waals surface area contributed by atoms with Crippen molar-refractivity contribution in [2.45, 2.75) is 0 Å². The fourth-order valence-corrected chi connectivity index (χ4v) is 8.96. The van der Waals surface area contributed by atoms with Crippen LogP contribution in [-0.4, -0.2) is 4.57 Å². The second kappa shape index (κ2) is 12.2. The summed E-state index contributed by atoms with van der Waals surface area (Å²) in [4.78, 5) is 2.49. The van der Waals surface area contributed by atoms with Crippen LogP contribution in [0.25, 0.3) is 69.9 Å². The van der Waals surface area contributed by atoms with Crippen LogP contribution in [0.5, 0.6) is 0 Å². The minimum absolute atomic E-state index is 1.11. The Bertz CT molecular complexity index is 2860. The monoisotopic (exact) mass is 668 g/mol. The number of para-hydroxylation sites is 3. The zero-order valence-electron chi connectivity index (χ0n) is 27.8. The summed E-state index contributed by atoms with van der Waals surface area (Å²) >= 11 is 1.87. The lowest BCUT2D eigenvalue weighted by Crippen LogP contribution is -2.11. The maximum absolute atomic E-state index is 2.49. The van der Waals surface area contributed by atoms with Gasteiger partial charge in [-0.3, -0.25) is 0 Å². The first-order chi connectivity index (χ1) is 25.3. The third-order valence-corrected chi connectivity index (χ3v) is 11.2. The number of aromatic nitrogens is 1. The van der Waals surface area contributed by atoms with Crippen LogP contribution in [-0.2, 0) is 0 Å². The second-order valence-electron chi connectivity index (χ2n) is 12.9. The van der Waals surface area contributed by atoms with Crippen LogP contribution < -0.4 is 4.90 Å². The molecule has 0 aliphatic carbocycles. The first-order valence-electron chi connectivity index (χ1n) is 17.4.